The summed E-state index contributed by atoms with van der Waals surface area (Å²) in [6.45, 7) is 6.08. The molecule has 1 aromatic rings. The normalized spacial score (nSPS) is 16.7. The number of anilines is 2. The van der Waals surface area contributed by atoms with Gasteiger partial charge in [0.15, 0.2) is 0 Å². The summed E-state index contributed by atoms with van der Waals surface area (Å²) in [6.07, 6.45) is 4.97. The first-order valence-electron chi connectivity index (χ1n) is 7.95. The van der Waals surface area contributed by atoms with Crippen LogP contribution in [0.4, 0.5) is 11.6 Å². The number of nitrogens with zero attached hydrogens (tertiary/aromatic N) is 4. The molecule has 1 fully saturated rings. The van der Waals surface area contributed by atoms with Crippen molar-refractivity contribution >= 4 is 11.6 Å². The van der Waals surface area contributed by atoms with Crippen molar-refractivity contribution in [3.63, 3.8) is 0 Å². The number of hydrogen-bond donors (Lipinski definition) is 1. The molecule has 0 atom stereocenters. The van der Waals surface area contributed by atoms with Crippen molar-refractivity contribution in [1.29, 1.82) is 0 Å². The zero-order valence-corrected chi connectivity index (χ0v) is 14.1. The van der Waals surface area contributed by atoms with E-state index in [0.717, 1.165) is 37.0 Å². The van der Waals surface area contributed by atoms with E-state index in [0.29, 0.717) is 5.54 Å². The molecule has 1 N–H and O–H groups in total. The lowest BCUT2D eigenvalue weighted by molar-refractivity contribution is 0.0682. The van der Waals surface area contributed by atoms with E-state index in [2.05, 4.69) is 59.2 Å². The molecule has 21 heavy (non-hydrogen) atoms. The maximum absolute atomic E-state index is 4.60. The van der Waals surface area contributed by atoms with Crippen molar-refractivity contribution in [3.8, 4) is 0 Å². The molecule has 0 spiro atoms. The minimum Gasteiger partial charge on any atom is -0.370 e. The summed E-state index contributed by atoms with van der Waals surface area (Å²) >= 11 is 0. The Labute approximate surface area is 128 Å². The molecule has 1 aliphatic rings. The van der Waals surface area contributed by atoms with Gasteiger partial charge < -0.3 is 15.1 Å². The highest BCUT2D eigenvalue weighted by atomic mass is 15.3. The van der Waals surface area contributed by atoms with Crippen molar-refractivity contribution in [2.45, 2.75) is 45.1 Å². The van der Waals surface area contributed by atoms with Gasteiger partial charge in [-0.2, -0.15) is 0 Å². The standard InChI is InChI=1S/C16H29N5/c1-6-10-17-14-11-15(19-13(2)18-14)21(5)12-16(20(3)4)8-7-9-16/h11H,6-10,12H2,1-5H3,(H,17,18,19). The van der Waals surface area contributed by atoms with Gasteiger partial charge in [-0.1, -0.05) is 6.92 Å². The maximum Gasteiger partial charge on any atom is 0.134 e. The van der Waals surface area contributed by atoms with Gasteiger partial charge in [-0.05, 0) is 46.7 Å². The van der Waals surface area contributed by atoms with Gasteiger partial charge in [0.05, 0.1) is 0 Å². The van der Waals surface area contributed by atoms with Crippen LogP contribution < -0.4 is 10.2 Å². The third-order valence-corrected chi connectivity index (χ3v) is 4.54. The molecule has 5 nitrogen and oxygen atoms in total. The number of aromatic nitrogens is 2. The molecule has 0 aliphatic heterocycles. The summed E-state index contributed by atoms with van der Waals surface area (Å²) in [5, 5.41) is 3.36. The maximum atomic E-state index is 4.60. The number of hydrogen-bond acceptors (Lipinski definition) is 5. The molecule has 2 rings (SSSR count). The van der Waals surface area contributed by atoms with Gasteiger partial charge in [0.25, 0.3) is 0 Å². The second kappa shape index (κ2) is 6.60. The highest BCUT2D eigenvalue weighted by molar-refractivity contribution is 5.49. The van der Waals surface area contributed by atoms with Crippen LogP contribution >= 0.6 is 0 Å². The first-order valence-corrected chi connectivity index (χ1v) is 7.95. The summed E-state index contributed by atoms with van der Waals surface area (Å²) in [6, 6.07) is 2.06. The van der Waals surface area contributed by atoms with Gasteiger partial charge >= 0.3 is 0 Å². The lowest BCUT2D eigenvalue weighted by Crippen LogP contribution is -2.56. The quantitative estimate of drug-likeness (QED) is 0.836. The van der Waals surface area contributed by atoms with Gasteiger partial charge in [0.2, 0.25) is 0 Å². The van der Waals surface area contributed by atoms with Crippen LogP contribution in [-0.4, -0.2) is 54.6 Å². The highest BCUT2D eigenvalue weighted by Crippen LogP contribution is 2.37. The first kappa shape index (κ1) is 16.0. The predicted molar refractivity (Wildman–Crippen MR) is 89.1 cm³/mol. The molecule has 0 aromatic carbocycles. The Morgan fingerprint density at radius 1 is 1.24 bits per heavy atom. The third kappa shape index (κ3) is 3.64. The number of aryl methyl sites for hydroxylation is 1. The second-order valence-electron chi connectivity index (χ2n) is 6.41. The molecule has 5 heteroatoms. The largest absolute Gasteiger partial charge is 0.370 e. The highest BCUT2D eigenvalue weighted by Gasteiger charge is 2.40. The smallest absolute Gasteiger partial charge is 0.134 e. The summed E-state index contributed by atoms with van der Waals surface area (Å²) < 4.78 is 0. The lowest BCUT2D eigenvalue weighted by atomic mass is 9.75. The van der Waals surface area contributed by atoms with Crippen molar-refractivity contribution in [1.82, 2.24) is 14.9 Å². The van der Waals surface area contributed by atoms with E-state index in [1.54, 1.807) is 0 Å². The van der Waals surface area contributed by atoms with E-state index in [1.165, 1.54) is 19.3 Å². The minimum absolute atomic E-state index is 0.310. The first-order chi connectivity index (χ1) is 9.97. The molecule has 0 amide bonds. The molecule has 1 heterocycles. The molecular weight excluding hydrogens is 262 g/mol. The molecule has 1 aliphatic carbocycles. The molecule has 0 bridgehead atoms. The van der Waals surface area contributed by atoms with Gasteiger partial charge in [-0.25, -0.2) is 9.97 Å². The Hall–Kier alpha value is -1.36. The average molecular weight is 291 g/mol. The summed E-state index contributed by atoms with van der Waals surface area (Å²) in [5.74, 6) is 2.76. The fourth-order valence-electron chi connectivity index (χ4n) is 2.95. The SMILES string of the molecule is CCCNc1cc(N(C)CC2(N(C)C)CCC2)nc(C)n1. The summed E-state index contributed by atoms with van der Waals surface area (Å²) in [5.41, 5.74) is 0.310. The third-order valence-electron chi connectivity index (χ3n) is 4.54. The Balaban J connectivity index is 2.11. The van der Waals surface area contributed by atoms with E-state index in [4.69, 9.17) is 0 Å². The van der Waals surface area contributed by atoms with Gasteiger partial charge in [-0.15, -0.1) is 0 Å². The Morgan fingerprint density at radius 3 is 2.48 bits per heavy atom. The van der Waals surface area contributed by atoms with E-state index in [1.807, 2.05) is 6.92 Å². The van der Waals surface area contributed by atoms with Gasteiger partial charge in [0, 0.05) is 31.7 Å². The molecule has 0 saturated heterocycles. The number of likely N-dealkylation sites (N-methyl/N-ethyl adjacent to an activating group) is 2. The monoisotopic (exact) mass is 291 g/mol. The van der Waals surface area contributed by atoms with Crippen molar-refractivity contribution in [2.24, 2.45) is 0 Å². The van der Waals surface area contributed by atoms with Crippen LogP contribution in [0.15, 0.2) is 6.07 Å². The van der Waals surface area contributed by atoms with Gasteiger partial charge in [-0.3, -0.25) is 0 Å². The minimum atomic E-state index is 0.310. The van der Waals surface area contributed by atoms with Crippen molar-refractivity contribution < 1.29 is 0 Å². The van der Waals surface area contributed by atoms with Crippen LogP contribution in [0.5, 0.6) is 0 Å². The molecular formula is C16H29N5. The second-order valence-corrected chi connectivity index (χ2v) is 6.41. The number of rotatable bonds is 7. The zero-order valence-electron chi connectivity index (χ0n) is 14.1. The van der Waals surface area contributed by atoms with Gasteiger partial charge in [0.1, 0.15) is 17.5 Å². The van der Waals surface area contributed by atoms with Crippen molar-refractivity contribution in [2.75, 3.05) is 44.4 Å². The average Bonchev–Trinajstić information content (AvgIpc) is 2.39. The zero-order chi connectivity index (χ0) is 15.5. The summed E-state index contributed by atoms with van der Waals surface area (Å²) in [4.78, 5) is 13.7. The molecule has 118 valence electrons. The molecule has 1 saturated carbocycles. The van der Waals surface area contributed by atoms with Crippen LogP contribution in [-0.2, 0) is 0 Å². The van der Waals surface area contributed by atoms with Crippen LogP contribution in [0.25, 0.3) is 0 Å². The van der Waals surface area contributed by atoms with E-state index in [9.17, 15) is 0 Å². The fourth-order valence-corrected chi connectivity index (χ4v) is 2.95. The molecule has 0 unspecified atom stereocenters. The topological polar surface area (TPSA) is 44.3 Å². The molecule has 0 radical (unpaired) electrons. The van der Waals surface area contributed by atoms with Crippen molar-refractivity contribution in [3.05, 3.63) is 11.9 Å². The predicted octanol–water partition coefficient (Wildman–Crippen LogP) is 2.53. The Bertz CT molecular complexity index is 468. The molecule has 1 aromatic heterocycles. The van der Waals surface area contributed by atoms with Crippen LogP contribution in [0.3, 0.4) is 0 Å². The fraction of sp³-hybridized carbons (Fsp3) is 0.750. The van der Waals surface area contributed by atoms with E-state index < -0.39 is 0 Å². The van der Waals surface area contributed by atoms with E-state index >= 15 is 0 Å². The van der Waals surface area contributed by atoms with Crippen LogP contribution in [0.2, 0.25) is 0 Å². The Morgan fingerprint density at radius 2 is 1.95 bits per heavy atom. The van der Waals surface area contributed by atoms with Crippen LogP contribution in [0, 0.1) is 6.92 Å². The number of nitrogens with one attached hydrogen (secondary N) is 1. The lowest BCUT2D eigenvalue weighted by Gasteiger charge is -2.49. The summed E-state index contributed by atoms with van der Waals surface area (Å²) in [7, 11) is 6.51. The van der Waals surface area contributed by atoms with E-state index in [-0.39, 0.29) is 0 Å². The van der Waals surface area contributed by atoms with Crippen LogP contribution in [0.1, 0.15) is 38.4 Å². The Kier molecular flexibility index (Phi) is 5.04.